The van der Waals surface area contributed by atoms with Crippen LogP contribution in [0.4, 0.5) is 0 Å². The van der Waals surface area contributed by atoms with Crippen molar-refractivity contribution in [3.8, 4) is 0 Å². The molecule has 0 rings (SSSR count). The maximum absolute atomic E-state index is 9.84. The molecule has 0 aromatic rings. The van der Waals surface area contributed by atoms with Crippen molar-refractivity contribution in [2.75, 3.05) is 20.6 Å². The summed E-state index contributed by atoms with van der Waals surface area (Å²) < 4.78 is 0. The molecule has 0 N–H and O–H groups in total. The van der Waals surface area contributed by atoms with Crippen LogP contribution in [-0.4, -0.2) is 31.8 Å². The summed E-state index contributed by atoms with van der Waals surface area (Å²) in [5, 5.41) is 0. The molecule has 0 fully saturated rings. The van der Waals surface area contributed by atoms with E-state index >= 15 is 0 Å². The first-order valence-electron chi connectivity index (χ1n) is 4.35. The highest BCUT2D eigenvalue weighted by atomic mass is 16.1. The lowest BCUT2D eigenvalue weighted by atomic mass is 10.2. The van der Waals surface area contributed by atoms with E-state index in [2.05, 4.69) is 4.90 Å². The molecule has 2 nitrogen and oxygen atoms in total. The number of unbranched alkanes of at least 4 members (excludes halogenated alkanes) is 2. The normalized spacial score (nSPS) is 8.82. The highest BCUT2D eigenvalue weighted by molar-refractivity contribution is 5.48. The highest BCUT2D eigenvalue weighted by Crippen LogP contribution is 1.92. The molecular weight excluding hydrogens is 138 g/mol. The Labute approximate surface area is 70.6 Å². The van der Waals surface area contributed by atoms with Crippen molar-refractivity contribution >= 4 is 6.29 Å². The standard InChI is InChI=1S/C7H15NO.C2H6/c1-8(2)6-4-3-5-7-9;1-2/h7H,3-6H2,1-2H3;1-2H3. The zero-order valence-corrected chi connectivity index (χ0v) is 8.26. The van der Waals surface area contributed by atoms with Gasteiger partial charge in [0, 0.05) is 6.42 Å². The molecule has 0 aromatic heterocycles. The Morgan fingerprint density at radius 1 is 1.18 bits per heavy atom. The number of rotatable bonds is 5. The van der Waals surface area contributed by atoms with Crippen molar-refractivity contribution in [1.82, 2.24) is 4.90 Å². The molecule has 0 unspecified atom stereocenters. The molecule has 0 aliphatic heterocycles. The van der Waals surface area contributed by atoms with E-state index in [1.807, 2.05) is 27.9 Å². The van der Waals surface area contributed by atoms with Crippen LogP contribution in [0.15, 0.2) is 0 Å². The molecule has 0 amide bonds. The molecule has 0 heterocycles. The Hall–Kier alpha value is -0.370. The Morgan fingerprint density at radius 3 is 2.09 bits per heavy atom. The zero-order chi connectivity index (χ0) is 9.11. The SMILES string of the molecule is CC.CN(C)CCCCC=O. The summed E-state index contributed by atoms with van der Waals surface area (Å²) in [4.78, 5) is 12.0. The third kappa shape index (κ3) is 17.7. The second-order valence-electron chi connectivity index (χ2n) is 2.47. The fourth-order valence-electron chi connectivity index (χ4n) is 0.656. The summed E-state index contributed by atoms with van der Waals surface area (Å²) in [6, 6.07) is 0. The van der Waals surface area contributed by atoms with Crippen LogP contribution in [0.5, 0.6) is 0 Å². The van der Waals surface area contributed by atoms with Gasteiger partial charge < -0.3 is 9.69 Å². The molecule has 0 bridgehead atoms. The molecule has 0 atom stereocenters. The minimum atomic E-state index is 0.716. The summed E-state index contributed by atoms with van der Waals surface area (Å²) in [6.07, 6.45) is 3.86. The largest absolute Gasteiger partial charge is 0.309 e. The average Bonchev–Trinajstić information content (AvgIpc) is 2.02. The molecule has 0 aliphatic carbocycles. The number of aldehydes is 1. The lowest BCUT2D eigenvalue weighted by Gasteiger charge is -2.06. The summed E-state index contributed by atoms with van der Waals surface area (Å²) in [5.74, 6) is 0. The van der Waals surface area contributed by atoms with Gasteiger partial charge in [0.05, 0.1) is 0 Å². The van der Waals surface area contributed by atoms with E-state index < -0.39 is 0 Å². The van der Waals surface area contributed by atoms with E-state index in [9.17, 15) is 4.79 Å². The van der Waals surface area contributed by atoms with Crippen LogP contribution in [0.25, 0.3) is 0 Å². The van der Waals surface area contributed by atoms with Gasteiger partial charge in [0.2, 0.25) is 0 Å². The van der Waals surface area contributed by atoms with Crippen molar-refractivity contribution in [3.63, 3.8) is 0 Å². The van der Waals surface area contributed by atoms with Gasteiger partial charge in [-0.15, -0.1) is 0 Å². The topological polar surface area (TPSA) is 20.3 Å². The molecule has 0 saturated carbocycles. The fraction of sp³-hybridized carbons (Fsp3) is 0.889. The minimum Gasteiger partial charge on any atom is -0.309 e. The number of carbonyl (C=O) groups is 1. The van der Waals surface area contributed by atoms with Crippen LogP contribution in [0.1, 0.15) is 33.1 Å². The van der Waals surface area contributed by atoms with Gasteiger partial charge in [-0.05, 0) is 33.5 Å². The number of nitrogens with zero attached hydrogens (tertiary/aromatic N) is 1. The first-order valence-corrected chi connectivity index (χ1v) is 4.35. The van der Waals surface area contributed by atoms with Crippen molar-refractivity contribution in [2.45, 2.75) is 33.1 Å². The molecule has 2 heteroatoms. The lowest BCUT2D eigenvalue weighted by molar-refractivity contribution is -0.107. The Balaban J connectivity index is 0. The molecule has 0 aromatic carbocycles. The van der Waals surface area contributed by atoms with Gasteiger partial charge in [-0.2, -0.15) is 0 Å². The number of hydrogen-bond acceptors (Lipinski definition) is 2. The average molecular weight is 159 g/mol. The summed E-state index contributed by atoms with van der Waals surface area (Å²) in [5.41, 5.74) is 0. The van der Waals surface area contributed by atoms with Gasteiger partial charge in [0.25, 0.3) is 0 Å². The smallest absolute Gasteiger partial charge is 0.119 e. The van der Waals surface area contributed by atoms with E-state index in [0.29, 0.717) is 6.42 Å². The van der Waals surface area contributed by atoms with Crippen molar-refractivity contribution in [1.29, 1.82) is 0 Å². The van der Waals surface area contributed by atoms with Gasteiger partial charge in [-0.25, -0.2) is 0 Å². The first-order chi connectivity index (χ1) is 5.27. The quantitative estimate of drug-likeness (QED) is 0.451. The Morgan fingerprint density at radius 2 is 1.73 bits per heavy atom. The van der Waals surface area contributed by atoms with E-state index in [1.165, 1.54) is 0 Å². The van der Waals surface area contributed by atoms with E-state index in [0.717, 1.165) is 25.7 Å². The maximum Gasteiger partial charge on any atom is 0.119 e. The second kappa shape index (κ2) is 12.3. The lowest BCUT2D eigenvalue weighted by Crippen LogP contribution is -2.12. The van der Waals surface area contributed by atoms with Crippen LogP contribution in [0.3, 0.4) is 0 Å². The Bertz CT molecular complexity index is 72.0. The first kappa shape index (κ1) is 13.2. The van der Waals surface area contributed by atoms with Crippen molar-refractivity contribution in [3.05, 3.63) is 0 Å². The summed E-state index contributed by atoms with van der Waals surface area (Å²) in [6.45, 7) is 5.09. The Kier molecular flexibility index (Phi) is 14.8. The van der Waals surface area contributed by atoms with E-state index in [-0.39, 0.29) is 0 Å². The molecular formula is C9H21NO. The number of carbonyl (C=O) groups excluding carboxylic acids is 1. The molecule has 0 aliphatic rings. The molecule has 0 spiro atoms. The van der Waals surface area contributed by atoms with Crippen LogP contribution in [0, 0.1) is 0 Å². The second-order valence-corrected chi connectivity index (χ2v) is 2.47. The molecule has 11 heavy (non-hydrogen) atoms. The maximum atomic E-state index is 9.84. The van der Waals surface area contributed by atoms with Gasteiger partial charge in [-0.1, -0.05) is 13.8 Å². The van der Waals surface area contributed by atoms with Crippen LogP contribution in [-0.2, 0) is 4.79 Å². The van der Waals surface area contributed by atoms with Gasteiger partial charge >= 0.3 is 0 Å². The summed E-state index contributed by atoms with van der Waals surface area (Å²) in [7, 11) is 4.09. The van der Waals surface area contributed by atoms with Gasteiger partial charge in [0.1, 0.15) is 6.29 Å². The molecule has 0 radical (unpaired) electrons. The third-order valence-corrected chi connectivity index (χ3v) is 1.18. The predicted octanol–water partition coefficient (Wildman–Crippen LogP) is 1.94. The van der Waals surface area contributed by atoms with Gasteiger partial charge in [-0.3, -0.25) is 0 Å². The molecule has 68 valence electrons. The van der Waals surface area contributed by atoms with Crippen molar-refractivity contribution < 1.29 is 4.79 Å². The van der Waals surface area contributed by atoms with Crippen LogP contribution in [0.2, 0.25) is 0 Å². The number of hydrogen-bond donors (Lipinski definition) is 0. The van der Waals surface area contributed by atoms with E-state index in [4.69, 9.17) is 0 Å². The van der Waals surface area contributed by atoms with E-state index in [1.54, 1.807) is 0 Å². The molecule has 0 saturated heterocycles. The fourth-order valence-corrected chi connectivity index (χ4v) is 0.656. The predicted molar refractivity (Wildman–Crippen MR) is 49.8 cm³/mol. The zero-order valence-electron chi connectivity index (χ0n) is 8.26. The summed E-state index contributed by atoms with van der Waals surface area (Å²) >= 11 is 0. The van der Waals surface area contributed by atoms with Crippen LogP contribution >= 0.6 is 0 Å². The third-order valence-electron chi connectivity index (χ3n) is 1.18. The van der Waals surface area contributed by atoms with Crippen molar-refractivity contribution in [2.24, 2.45) is 0 Å². The van der Waals surface area contributed by atoms with Crippen LogP contribution < -0.4 is 0 Å². The minimum absolute atomic E-state index is 0.716. The highest BCUT2D eigenvalue weighted by Gasteiger charge is 1.88. The van der Waals surface area contributed by atoms with Gasteiger partial charge in [0.15, 0.2) is 0 Å². The monoisotopic (exact) mass is 159 g/mol.